The second kappa shape index (κ2) is 7.05. The zero-order valence-electron chi connectivity index (χ0n) is 10.6. The molecule has 0 fully saturated rings. The Morgan fingerprint density at radius 3 is 2.47 bits per heavy atom. The van der Waals surface area contributed by atoms with Gasteiger partial charge in [-0.2, -0.15) is 0 Å². The Balaban J connectivity index is 2.49. The molecule has 0 aliphatic heterocycles. The predicted molar refractivity (Wildman–Crippen MR) is 67.6 cm³/mol. The molecule has 0 heterocycles. The van der Waals surface area contributed by atoms with Gasteiger partial charge in [0.25, 0.3) is 0 Å². The molecule has 2 nitrogen and oxygen atoms in total. The number of rotatable bonds is 6. The van der Waals surface area contributed by atoms with E-state index in [-0.39, 0.29) is 11.8 Å². The van der Waals surface area contributed by atoms with E-state index >= 15 is 0 Å². The summed E-state index contributed by atoms with van der Waals surface area (Å²) in [5, 5.41) is 3.24. The van der Waals surface area contributed by atoms with Crippen molar-refractivity contribution in [3.05, 3.63) is 29.8 Å². The minimum Gasteiger partial charge on any atom is -0.406 e. The molecule has 104 valence electrons. The topological polar surface area (TPSA) is 21.3 Å². The van der Waals surface area contributed by atoms with Gasteiger partial charge in [-0.25, -0.2) is 0 Å². The molecular weight excluding hydrogens is 255 g/mol. The van der Waals surface area contributed by atoms with E-state index in [9.17, 15) is 13.2 Å². The summed E-state index contributed by atoms with van der Waals surface area (Å²) in [5.41, 5.74) is 0.898. The molecule has 1 atom stereocenters. The summed E-state index contributed by atoms with van der Waals surface area (Å²) in [6.07, 6.45) is 2.07. The van der Waals surface area contributed by atoms with E-state index in [1.165, 1.54) is 12.1 Å². The Kier molecular flexibility index (Phi) is 5.71. The largest absolute Gasteiger partial charge is 0.573 e. The van der Waals surface area contributed by atoms with Gasteiger partial charge in [-0.1, -0.05) is 12.1 Å². The van der Waals surface area contributed by atoms with Crippen LogP contribution in [0.3, 0.4) is 0 Å². The predicted octanol–water partition coefficient (Wildman–Crippen LogP) is 3.65. The van der Waals surface area contributed by atoms with Gasteiger partial charge >= 0.3 is 6.36 Å². The normalized spacial score (nSPS) is 12.8. The maximum atomic E-state index is 12.0. The maximum absolute atomic E-state index is 12.0. The summed E-state index contributed by atoms with van der Waals surface area (Å²) in [6, 6.07) is 5.89. The SMILES string of the molecule is C#CCCCNC(C)c1ccc(OC(F)(F)F)cc1. The molecule has 1 unspecified atom stereocenters. The Labute approximate surface area is 111 Å². The van der Waals surface area contributed by atoms with Crippen LogP contribution in [0.25, 0.3) is 0 Å². The molecular formula is C14H16F3NO. The van der Waals surface area contributed by atoms with Crippen molar-refractivity contribution in [2.24, 2.45) is 0 Å². The van der Waals surface area contributed by atoms with Crippen LogP contribution in [0, 0.1) is 12.3 Å². The average molecular weight is 271 g/mol. The van der Waals surface area contributed by atoms with Crippen molar-refractivity contribution in [3.8, 4) is 18.1 Å². The fourth-order valence-corrected chi connectivity index (χ4v) is 1.59. The van der Waals surface area contributed by atoms with E-state index in [0.29, 0.717) is 6.42 Å². The number of benzene rings is 1. The van der Waals surface area contributed by atoms with Gasteiger partial charge in [0.05, 0.1) is 0 Å². The first-order valence-corrected chi connectivity index (χ1v) is 5.95. The van der Waals surface area contributed by atoms with E-state index in [2.05, 4.69) is 16.0 Å². The van der Waals surface area contributed by atoms with Crippen LogP contribution in [0.1, 0.15) is 31.4 Å². The third-order valence-corrected chi connectivity index (χ3v) is 2.56. The lowest BCUT2D eigenvalue weighted by Crippen LogP contribution is -2.20. The minimum absolute atomic E-state index is 0.0534. The van der Waals surface area contributed by atoms with Gasteiger partial charge in [-0.15, -0.1) is 25.5 Å². The van der Waals surface area contributed by atoms with Gasteiger partial charge in [0.15, 0.2) is 0 Å². The highest BCUT2D eigenvalue weighted by molar-refractivity contribution is 5.29. The number of hydrogen-bond acceptors (Lipinski definition) is 2. The van der Waals surface area contributed by atoms with Crippen LogP contribution in [0.5, 0.6) is 5.75 Å². The molecule has 0 spiro atoms. The Morgan fingerprint density at radius 2 is 1.95 bits per heavy atom. The minimum atomic E-state index is -4.65. The number of hydrogen-bond donors (Lipinski definition) is 1. The number of ether oxygens (including phenoxy) is 1. The lowest BCUT2D eigenvalue weighted by molar-refractivity contribution is -0.274. The molecule has 0 saturated carbocycles. The van der Waals surface area contributed by atoms with Crippen LogP contribution in [0.15, 0.2) is 24.3 Å². The maximum Gasteiger partial charge on any atom is 0.573 e. The van der Waals surface area contributed by atoms with E-state index in [1.54, 1.807) is 12.1 Å². The Morgan fingerprint density at radius 1 is 1.32 bits per heavy atom. The number of terminal acetylenes is 1. The molecule has 0 saturated heterocycles. The number of alkyl halides is 3. The van der Waals surface area contributed by atoms with E-state index in [0.717, 1.165) is 18.5 Å². The smallest absolute Gasteiger partial charge is 0.406 e. The van der Waals surface area contributed by atoms with Crippen LogP contribution in [-0.4, -0.2) is 12.9 Å². The highest BCUT2D eigenvalue weighted by Crippen LogP contribution is 2.24. The number of unbranched alkanes of at least 4 members (excludes halogenated alkanes) is 1. The summed E-state index contributed by atoms with van der Waals surface area (Å²) in [6.45, 7) is 2.71. The molecule has 0 bridgehead atoms. The zero-order valence-corrected chi connectivity index (χ0v) is 10.6. The van der Waals surface area contributed by atoms with Crippen LogP contribution < -0.4 is 10.1 Å². The van der Waals surface area contributed by atoms with Crippen molar-refractivity contribution in [2.45, 2.75) is 32.2 Å². The van der Waals surface area contributed by atoms with E-state index in [4.69, 9.17) is 6.42 Å². The van der Waals surface area contributed by atoms with Gasteiger partial charge in [0.2, 0.25) is 0 Å². The molecule has 5 heteroatoms. The number of nitrogens with one attached hydrogen (secondary N) is 1. The fourth-order valence-electron chi connectivity index (χ4n) is 1.59. The monoisotopic (exact) mass is 271 g/mol. The molecule has 0 amide bonds. The molecule has 1 N–H and O–H groups in total. The van der Waals surface area contributed by atoms with Crippen molar-refractivity contribution in [1.82, 2.24) is 5.32 Å². The van der Waals surface area contributed by atoms with Gasteiger partial charge in [-0.3, -0.25) is 0 Å². The third-order valence-electron chi connectivity index (χ3n) is 2.56. The van der Waals surface area contributed by atoms with Gasteiger partial charge in [-0.05, 0) is 37.6 Å². The highest BCUT2D eigenvalue weighted by Gasteiger charge is 2.30. The summed E-state index contributed by atoms with van der Waals surface area (Å²) in [7, 11) is 0. The average Bonchev–Trinajstić information content (AvgIpc) is 2.33. The van der Waals surface area contributed by atoms with E-state index in [1.807, 2.05) is 6.92 Å². The van der Waals surface area contributed by atoms with Crippen molar-refractivity contribution >= 4 is 0 Å². The fraction of sp³-hybridized carbons (Fsp3) is 0.429. The first kappa shape index (κ1) is 15.4. The van der Waals surface area contributed by atoms with Crippen LogP contribution >= 0.6 is 0 Å². The van der Waals surface area contributed by atoms with Crippen LogP contribution in [0.2, 0.25) is 0 Å². The summed E-state index contributed by atoms with van der Waals surface area (Å²) in [5.74, 6) is 2.34. The molecule has 0 aliphatic carbocycles. The van der Waals surface area contributed by atoms with Crippen molar-refractivity contribution in [1.29, 1.82) is 0 Å². The molecule has 0 radical (unpaired) electrons. The second-order valence-corrected chi connectivity index (χ2v) is 4.10. The second-order valence-electron chi connectivity index (χ2n) is 4.10. The van der Waals surface area contributed by atoms with Gasteiger partial charge in [0.1, 0.15) is 5.75 Å². The van der Waals surface area contributed by atoms with Gasteiger partial charge < -0.3 is 10.1 Å². The van der Waals surface area contributed by atoms with Crippen molar-refractivity contribution in [3.63, 3.8) is 0 Å². The lowest BCUT2D eigenvalue weighted by atomic mass is 10.1. The summed E-state index contributed by atoms with van der Waals surface area (Å²) >= 11 is 0. The highest BCUT2D eigenvalue weighted by atomic mass is 19.4. The first-order chi connectivity index (χ1) is 8.92. The molecule has 0 aromatic heterocycles. The Hall–Kier alpha value is -1.67. The van der Waals surface area contributed by atoms with Crippen molar-refractivity contribution < 1.29 is 17.9 Å². The molecule has 0 aliphatic rings. The lowest BCUT2D eigenvalue weighted by Gasteiger charge is -2.15. The first-order valence-electron chi connectivity index (χ1n) is 5.95. The Bertz CT molecular complexity index is 420. The summed E-state index contributed by atoms with van der Waals surface area (Å²) < 4.78 is 39.8. The molecule has 1 aromatic rings. The standard InChI is InChI=1S/C14H16F3NO/c1-3-4-5-10-18-11(2)12-6-8-13(9-7-12)19-14(15,16)17/h1,6-9,11,18H,4-5,10H2,2H3. The van der Waals surface area contributed by atoms with Crippen LogP contribution in [0.4, 0.5) is 13.2 Å². The van der Waals surface area contributed by atoms with E-state index < -0.39 is 6.36 Å². The zero-order chi connectivity index (χ0) is 14.3. The van der Waals surface area contributed by atoms with Crippen LogP contribution in [-0.2, 0) is 0 Å². The molecule has 19 heavy (non-hydrogen) atoms. The molecule has 1 rings (SSSR count). The number of halogens is 3. The molecule has 1 aromatic carbocycles. The third kappa shape index (κ3) is 6.16. The van der Waals surface area contributed by atoms with Gasteiger partial charge in [0, 0.05) is 12.5 Å². The quantitative estimate of drug-likeness (QED) is 0.630. The van der Waals surface area contributed by atoms with Crippen molar-refractivity contribution in [2.75, 3.05) is 6.54 Å². The summed E-state index contributed by atoms with van der Waals surface area (Å²) in [4.78, 5) is 0.